The third kappa shape index (κ3) is 3.27. The van der Waals surface area contributed by atoms with Gasteiger partial charge in [0.15, 0.2) is 0 Å². The number of methoxy groups -OCH3 is 2. The molecule has 1 heterocycles. The summed E-state index contributed by atoms with van der Waals surface area (Å²) < 4.78 is 10.5. The van der Waals surface area contributed by atoms with Crippen molar-refractivity contribution < 1.29 is 9.47 Å². The topological polar surface area (TPSA) is 43.4 Å². The second kappa shape index (κ2) is 6.91. The lowest BCUT2D eigenvalue weighted by Crippen LogP contribution is -2.12. The molecule has 0 atom stereocenters. The number of ether oxygens (including phenoxy) is 2. The Hall–Kier alpha value is -2.07. The highest BCUT2D eigenvalue weighted by molar-refractivity contribution is 5.65. The fraction of sp³-hybridized carbons (Fsp3) is 0.312. The Labute approximate surface area is 119 Å². The molecule has 0 radical (unpaired) electrons. The maximum Gasteiger partial charge on any atom is 0.212 e. The van der Waals surface area contributed by atoms with Gasteiger partial charge in [-0.3, -0.25) is 0 Å². The van der Waals surface area contributed by atoms with Crippen molar-refractivity contribution in [2.75, 3.05) is 20.8 Å². The van der Waals surface area contributed by atoms with Crippen molar-refractivity contribution in [2.45, 2.75) is 13.5 Å². The molecule has 20 heavy (non-hydrogen) atoms. The van der Waals surface area contributed by atoms with Crippen molar-refractivity contribution in [2.24, 2.45) is 0 Å². The molecule has 2 aromatic rings. The molecule has 0 aliphatic carbocycles. The second-order valence-electron chi connectivity index (χ2n) is 4.40. The summed E-state index contributed by atoms with van der Waals surface area (Å²) in [5, 5.41) is 3.32. The van der Waals surface area contributed by atoms with Crippen LogP contribution in [0.2, 0.25) is 0 Å². The molecule has 0 fully saturated rings. The standard InChI is InChI=1S/C16H20N2O2/c1-4-17-10-14-9-12(5-7-15(14)19-2)13-6-8-16(20-3)18-11-13/h5-9,11,17H,4,10H2,1-3H3. The van der Waals surface area contributed by atoms with E-state index in [-0.39, 0.29) is 0 Å². The fourth-order valence-corrected chi connectivity index (χ4v) is 2.03. The van der Waals surface area contributed by atoms with E-state index in [4.69, 9.17) is 9.47 Å². The average molecular weight is 272 g/mol. The molecule has 2 rings (SSSR count). The minimum Gasteiger partial charge on any atom is -0.496 e. The maximum atomic E-state index is 5.39. The predicted octanol–water partition coefficient (Wildman–Crippen LogP) is 2.88. The van der Waals surface area contributed by atoms with Gasteiger partial charge in [-0.15, -0.1) is 0 Å². The molecule has 0 aliphatic rings. The molecule has 0 bridgehead atoms. The van der Waals surface area contributed by atoms with Gasteiger partial charge in [0, 0.05) is 29.9 Å². The van der Waals surface area contributed by atoms with Crippen molar-refractivity contribution in [3.05, 3.63) is 42.1 Å². The number of nitrogens with zero attached hydrogens (tertiary/aromatic N) is 1. The summed E-state index contributed by atoms with van der Waals surface area (Å²) in [6, 6.07) is 10.0. The lowest BCUT2D eigenvalue weighted by molar-refractivity contribution is 0.398. The van der Waals surface area contributed by atoms with Crippen LogP contribution in [0.3, 0.4) is 0 Å². The first kappa shape index (κ1) is 14.3. The number of pyridine rings is 1. The molecule has 0 aliphatic heterocycles. The summed E-state index contributed by atoms with van der Waals surface area (Å²) in [4.78, 5) is 4.24. The number of aromatic nitrogens is 1. The summed E-state index contributed by atoms with van der Waals surface area (Å²) in [6.07, 6.45) is 1.82. The zero-order valence-corrected chi connectivity index (χ0v) is 12.1. The van der Waals surface area contributed by atoms with E-state index in [0.717, 1.165) is 35.5 Å². The van der Waals surface area contributed by atoms with Crippen LogP contribution in [0.4, 0.5) is 0 Å². The number of hydrogen-bond acceptors (Lipinski definition) is 4. The van der Waals surface area contributed by atoms with Crippen LogP contribution in [0.1, 0.15) is 12.5 Å². The molecule has 4 heteroatoms. The van der Waals surface area contributed by atoms with Gasteiger partial charge in [-0.2, -0.15) is 0 Å². The minimum absolute atomic E-state index is 0.620. The van der Waals surface area contributed by atoms with Crippen LogP contribution in [0, 0.1) is 0 Å². The average Bonchev–Trinajstić information content (AvgIpc) is 2.52. The van der Waals surface area contributed by atoms with Gasteiger partial charge < -0.3 is 14.8 Å². The molecule has 0 amide bonds. The highest BCUT2D eigenvalue weighted by Crippen LogP contribution is 2.27. The molecule has 0 spiro atoms. The van der Waals surface area contributed by atoms with Gasteiger partial charge in [0.25, 0.3) is 0 Å². The highest BCUT2D eigenvalue weighted by atomic mass is 16.5. The van der Waals surface area contributed by atoms with Gasteiger partial charge in [-0.05, 0) is 30.3 Å². The second-order valence-corrected chi connectivity index (χ2v) is 4.40. The Kier molecular flexibility index (Phi) is 4.96. The molecule has 106 valence electrons. The normalized spacial score (nSPS) is 10.3. The Morgan fingerprint density at radius 1 is 1.05 bits per heavy atom. The molecule has 0 saturated heterocycles. The smallest absolute Gasteiger partial charge is 0.212 e. The van der Waals surface area contributed by atoms with Crippen LogP contribution in [-0.4, -0.2) is 25.7 Å². The zero-order chi connectivity index (χ0) is 14.4. The van der Waals surface area contributed by atoms with Gasteiger partial charge in [0.05, 0.1) is 14.2 Å². The summed E-state index contributed by atoms with van der Waals surface area (Å²) in [6.45, 7) is 3.80. The number of rotatable bonds is 6. The molecule has 0 unspecified atom stereocenters. The SMILES string of the molecule is CCNCc1cc(-c2ccc(OC)nc2)ccc1OC. The van der Waals surface area contributed by atoms with Gasteiger partial charge in [0.1, 0.15) is 5.75 Å². The van der Waals surface area contributed by atoms with Crippen molar-refractivity contribution in [3.63, 3.8) is 0 Å². The lowest BCUT2D eigenvalue weighted by Gasteiger charge is -2.11. The largest absolute Gasteiger partial charge is 0.496 e. The van der Waals surface area contributed by atoms with E-state index >= 15 is 0 Å². The monoisotopic (exact) mass is 272 g/mol. The Bertz CT molecular complexity index is 553. The van der Waals surface area contributed by atoms with Crippen LogP contribution in [0.25, 0.3) is 11.1 Å². The van der Waals surface area contributed by atoms with E-state index in [2.05, 4.69) is 23.3 Å². The van der Waals surface area contributed by atoms with E-state index in [0.29, 0.717) is 5.88 Å². The molecule has 4 nitrogen and oxygen atoms in total. The fourth-order valence-electron chi connectivity index (χ4n) is 2.03. The molecule has 1 aromatic heterocycles. The first-order valence-electron chi connectivity index (χ1n) is 6.66. The van der Waals surface area contributed by atoms with E-state index in [9.17, 15) is 0 Å². The Balaban J connectivity index is 2.30. The summed E-state index contributed by atoms with van der Waals surface area (Å²) in [5.41, 5.74) is 3.32. The van der Waals surface area contributed by atoms with E-state index in [1.807, 2.05) is 30.5 Å². The maximum absolute atomic E-state index is 5.39. The quantitative estimate of drug-likeness (QED) is 0.878. The lowest BCUT2D eigenvalue weighted by atomic mass is 10.0. The van der Waals surface area contributed by atoms with Crippen LogP contribution in [0.15, 0.2) is 36.5 Å². The van der Waals surface area contributed by atoms with Crippen LogP contribution < -0.4 is 14.8 Å². The number of nitrogens with one attached hydrogen (secondary N) is 1. The van der Waals surface area contributed by atoms with E-state index in [1.54, 1.807) is 14.2 Å². The van der Waals surface area contributed by atoms with Gasteiger partial charge in [-0.1, -0.05) is 13.0 Å². The van der Waals surface area contributed by atoms with Crippen LogP contribution in [0.5, 0.6) is 11.6 Å². The molecular weight excluding hydrogens is 252 g/mol. The number of benzene rings is 1. The first-order valence-corrected chi connectivity index (χ1v) is 6.66. The predicted molar refractivity (Wildman–Crippen MR) is 80.2 cm³/mol. The molecule has 0 saturated carbocycles. The van der Waals surface area contributed by atoms with Crippen LogP contribution in [-0.2, 0) is 6.54 Å². The first-order chi connectivity index (χ1) is 9.78. The highest BCUT2D eigenvalue weighted by Gasteiger charge is 2.06. The van der Waals surface area contributed by atoms with Gasteiger partial charge in [-0.25, -0.2) is 4.98 Å². The summed E-state index contributed by atoms with van der Waals surface area (Å²) in [7, 11) is 3.31. The van der Waals surface area contributed by atoms with E-state index < -0.39 is 0 Å². The molecular formula is C16H20N2O2. The van der Waals surface area contributed by atoms with Crippen molar-refractivity contribution in [1.29, 1.82) is 0 Å². The summed E-state index contributed by atoms with van der Waals surface area (Å²) in [5.74, 6) is 1.52. The van der Waals surface area contributed by atoms with Gasteiger partial charge in [0.2, 0.25) is 5.88 Å². The van der Waals surface area contributed by atoms with Crippen LogP contribution >= 0.6 is 0 Å². The Morgan fingerprint density at radius 2 is 1.85 bits per heavy atom. The number of hydrogen-bond donors (Lipinski definition) is 1. The Morgan fingerprint density at radius 3 is 2.45 bits per heavy atom. The van der Waals surface area contributed by atoms with Crippen molar-refractivity contribution >= 4 is 0 Å². The zero-order valence-electron chi connectivity index (χ0n) is 12.1. The third-order valence-corrected chi connectivity index (χ3v) is 3.12. The van der Waals surface area contributed by atoms with Gasteiger partial charge >= 0.3 is 0 Å². The third-order valence-electron chi connectivity index (χ3n) is 3.12. The summed E-state index contributed by atoms with van der Waals surface area (Å²) >= 11 is 0. The van der Waals surface area contributed by atoms with Crippen molar-refractivity contribution in [3.8, 4) is 22.8 Å². The van der Waals surface area contributed by atoms with E-state index in [1.165, 1.54) is 0 Å². The van der Waals surface area contributed by atoms with Crippen molar-refractivity contribution in [1.82, 2.24) is 10.3 Å². The molecule has 1 aromatic carbocycles. The molecule has 1 N–H and O–H groups in total. The minimum atomic E-state index is 0.620.